The number of pyridine rings is 2. The highest BCUT2D eigenvalue weighted by Crippen LogP contribution is 2.43. The number of aromatic nitrogens is 3. The van der Waals surface area contributed by atoms with Crippen LogP contribution in [0.1, 0.15) is 34.7 Å². The van der Waals surface area contributed by atoms with Gasteiger partial charge in [0.05, 0.1) is 29.7 Å². The van der Waals surface area contributed by atoms with Crippen molar-refractivity contribution in [1.29, 1.82) is 0 Å². The first-order valence-corrected chi connectivity index (χ1v) is 10.8. The summed E-state index contributed by atoms with van der Waals surface area (Å²) in [7, 11) is 0. The lowest BCUT2D eigenvalue weighted by Crippen LogP contribution is -2.29. The standard InChI is InChI=1S/C25H22FN5S/c1-16-14-21(17(2)30(16)20-6-5-12-27-15-20)24-23(22-7-3-4-13-28-22)29-25(32)31(24)19-10-8-18(26)9-11-19/h3-15,23-24H,1-2H3,(H,29,32). The lowest BCUT2D eigenvalue weighted by Gasteiger charge is -2.28. The van der Waals surface area contributed by atoms with Gasteiger partial charge in [0.1, 0.15) is 5.82 Å². The van der Waals surface area contributed by atoms with Crippen molar-refractivity contribution in [2.45, 2.75) is 25.9 Å². The van der Waals surface area contributed by atoms with Crippen LogP contribution in [-0.2, 0) is 0 Å². The average Bonchev–Trinajstić information content (AvgIpc) is 3.31. The molecule has 1 aliphatic heterocycles. The number of thiocarbonyl (C=S) groups is 1. The van der Waals surface area contributed by atoms with Gasteiger partial charge in [-0.15, -0.1) is 0 Å². The lowest BCUT2D eigenvalue weighted by molar-refractivity contribution is 0.565. The molecule has 5 nitrogen and oxygen atoms in total. The fourth-order valence-corrected chi connectivity index (χ4v) is 4.87. The number of hydrogen-bond donors (Lipinski definition) is 1. The monoisotopic (exact) mass is 443 g/mol. The summed E-state index contributed by atoms with van der Waals surface area (Å²) in [5, 5.41) is 4.04. The molecule has 5 rings (SSSR count). The predicted molar refractivity (Wildman–Crippen MR) is 127 cm³/mol. The molecule has 0 bridgehead atoms. The van der Waals surface area contributed by atoms with Crippen molar-refractivity contribution in [3.05, 3.63) is 108 Å². The first-order valence-electron chi connectivity index (χ1n) is 10.4. The number of nitrogens with zero attached hydrogens (tertiary/aromatic N) is 4. The molecule has 0 spiro atoms. The summed E-state index contributed by atoms with van der Waals surface area (Å²) in [4.78, 5) is 10.9. The first-order chi connectivity index (χ1) is 15.5. The summed E-state index contributed by atoms with van der Waals surface area (Å²) in [5.41, 5.74) is 6.06. The van der Waals surface area contributed by atoms with Crippen molar-refractivity contribution < 1.29 is 4.39 Å². The summed E-state index contributed by atoms with van der Waals surface area (Å²) >= 11 is 5.76. The Morgan fingerprint density at radius 2 is 1.78 bits per heavy atom. The normalized spacial score (nSPS) is 18.1. The number of benzene rings is 1. The van der Waals surface area contributed by atoms with E-state index in [9.17, 15) is 4.39 Å². The molecule has 32 heavy (non-hydrogen) atoms. The number of anilines is 1. The molecule has 0 radical (unpaired) electrons. The molecule has 160 valence electrons. The van der Waals surface area contributed by atoms with E-state index in [2.05, 4.69) is 44.7 Å². The molecule has 1 aromatic carbocycles. The molecular weight excluding hydrogens is 421 g/mol. The largest absolute Gasteiger partial charge is 0.351 e. The molecule has 1 aliphatic rings. The van der Waals surface area contributed by atoms with Crippen LogP contribution in [0.15, 0.2) is 79.3 Å². The summed E-state index contributed by atoms with van der Waals surface area (Å²) < 4.78 is 15.9. The van der Waals surface area contributed by atoms with Gasteiger partial charge >= 0.3 is 0 Å². The molecule has 0 aliphatic carbocycles. The van der Waals surface area contributed by atoms with Crippen LogP contribution in [-0.4, -0.2) is 19.6 Å². The Morgan fingerprint density at radius 1 is 0.969 bits per heavy atom. The topological polar surface area (TPSA) is 46.0 Å². The summed E-state index contributed by atoms with van der Waals surface area (Å²) in [6.45, 7) is 4.19. The molecule has 1 saturated heterocycles. The highest BCUT2D eigenvalue weighted by molar-refractivity contribution is 7.80. The zero-order chi connectivity index (χ0) is 22.2. The third kappa shape index (κ3) is 3.44. The van der Waals surface area contributed by atoms with Gasteiger partial charge in [-0.05, 0) is 86.2 Å². The SMILES string of the molecule is Cc1cc(C2C(c3ccccn3)NC(=S)N2c2ccc(F)cc2)c(C)n1-c1cccnc1. The summed E-state index contributed by atoms with van der Waals surface area (Å²) in [5.74, 6) is -0.278. The number of halogens is 1. The lowest BCUT2D eigenvalue weighted by atomic mass is 9.96. The summed E-state index contributed by atoms with van der Waals surface area (Å²) in [6.07, 6.45) is 5.41. The molecule has 4 aromatic rings. The number of aryl methyl sites for hydroxylation is 1. The molecule has 2 atom stereocenters. The summed E-state index contributed by atoms with van der Waals surface area (Å²) in [6, 6.07) is 18.2. The van der Waals surface area contributed by atoms with E-state index in [1.54, 1.807) is 24.5 Å². The van der Waals surface area contributed by atoms with Gasteiger partial charge in [0.2, 0.25) is 0 Å². The molecule has 2 unspecified atom stereocenters. The Hall–Kier alpha value is -3.58. The van der Waals surface area contributed by atoms with Crippen LogP contribution in [0.2, 0.25) is 0 Å². The Kier molecular flexibility index (Phi) is 5.19. The third-order valence-corrected chi connectivity index (χ3v) is 6.21. The van der Waals surface area contributed by atoms with Crippen LogP contribution in [0.4, 0.5) is 10.1 Å². The minimum Gasteiger partial charge on any atom is -0.351 e. The van der Waals surface area contributed by atoms with Gasteiger partial charge < -0.3 is 14.8 Å². The fraction of sp³-hybridized carbons (Fsp3) is 0.160. The van der Waals surface area contributed by atoms with Crippen molar-refractivity contribution in [2.24, 2.45) is 0 Å². The van der Waals surface area contributed by atoms with Gasteiger partial charge in [0, 0.05) is 29.5 Å². The van der Waals surface area contributed by atoms with E-state index >= 15 is 0 Å². The van der Waals surface area contributed by atoms with Crippen LogP contribution in [0, 0.1) is 19.7 Å². The van der Waals surface area contributed by atoms with Crippen molar-refractivity contribution in [3.8, 4) is 5.69 Å². The number of rotatable bonds is 4. The van der Waals surface area contributed by atoms with Crippen LogP contribution >= 0.6 is 12.2 Å². The predicted octanol–water partition coefficient (Wildman–Crippen LogP) is 5.20. The van der Waals surface area contributed by atoms with E-state index in [4.69, 9.17) is 12.2 Å². The van der Waals surface area contributed by atoms with Crippen LogP contribution < -0.4 is 10.2 Å². The number of nitrogens with one attached hydrogen (secondary N) is 1. The quantitative estimate of drug-likeness (QED) is 0.439. The Labute approximate surface area is 191 Å². The average molecular weight is 444 g/mol. The van der Waals surface area contributed by atoms with E-state index < -0.39 is 0 Å². The molecular formula is C25H22FN5S. The van der Waals surface area contributed by atoms with Crippen molar-refractivity contribution in [2.75, 3.05) is 4.90 Å². The third-order valence-electron chi connectivity index (χ3n) is 5.90. The van der Waals surface area contributed by atoms with Gasteiger partial charge in [-0.1, -0.05) is 6.07 Å². The van der Waals surface area contributed by atoms with E-state index in [0.717, 1.165) is 34.0 Å². The van der Waals surface area contributed by atoms with Gasteiger partial charge in [-0.2, -0.15) is 0 Å². The smallest absolute Gasteiger partial charge is 0.174 e. The zero-order valence-corrected chi connectivity index (χ0v) is 18.6. The molecule has 1 fully saturated rings. The van der Waals surface area contributed by atoms with Crippen molar-refractivity contribution in [3.63, 3.8) is 0 Å². The molecule has 7 heteroatoms. The van der Waals surface area contributed by atoms with E-state index in [1.165, 1.54) is 12.1 Å². The van der Waals surface area contributed by atoms with E-state index in [1.807, 2.05) is 36.5 Å². The minimum absolute atomic E-state index is 0.153. The second-order valence-electron chi connectivity index (χ2n) is 7.85. The van der Waals surface area contributed by atoms with Gasteiger partial charge in [0.25, 0.3) is 0 Å². The van der Waals surface area contributed by atoms with Crippen molar-refractivity contribution >= 4 is 23.0 Å². The maximum absolute atomic E-state index is 13.7. The Morgan fingerprint density at radius 3 is 2.47 bits per heavy atom. The van der Waals surface area contributed by atoms with Crippen molar-refractivity contribution in [1.82, 2.24) is 19.9 Å². The van der Waals surface area contributed by atoms with Crippen LogP contribution in [0.5, 0.6) is 0 Å². The maximum Gasteiger partial charge on any atom is 0.174 e. The second kappa shape index (κ2) is 8.16. The minimum atomic E-state index is -0.278. The molecule has 0 saturated carbocycles. The maximum atomic E-state index is 13.7. The van der Waals surface area contributed by atoms with Crippen LogP contribution in [0.25, 0.3) is 5.69 Å². The van der Waals surface area contributed by atoms with E-state index in [0.29, 0.717) is 5.11 Å². The van der Waals surface area contributed by atoms with Gasteiger partial charge in [0.15, 0.2) is 5.11 Å². The van der Waals surface area contributed by atoms with Gasteiger partial charge in [-0.3, -0.25) is 9.97 Å². The molecule has 3 aromatic heterocycles. The molecule has 1 N–H and O–H groups in total. The second-order valence-corrected chi connectivity index (χ2v) is 8.23. The highest BCUT2D eigenvalue weighted by Gasteiger charge is 2.42. The zero-order valence-electron chi connectivity index (χ0n) is 17.7. The van der Waals surface area contributed by atoms with Crippen LogP contribution in [0.3, 0.4) is 0 Å². The highest BCUT2D eigenvalue weighted by atomic mass is 32.1. The Balaban J connectivity index is 1.68. The Bertz CT molecular complexity index is 1260. The fourth-order valence-electron chi connectivity index (χ4n) is 4.52. The molecule has 0 amide bonds. The number of hydrogen-bond acceptors (Lipinski definition) is 3. The van der Waals surface area contributed by atoms with E-state index in [-0.39, 0.29) is 17.9 Å². The molecule has 4 heterocycles. The first kappa shape index (κ1) is 20.3. The van der Waals surface area contributed by atoms with Gasteiger partial charge in [-0.25, -0.2) is 4.39 Å².